The summed E-state index contributed by atoms with van der Waals surface area (Å²) in [6.07, 6.45) is 3.70. The topological polar surface area (TPSA) is 329 Å². The van der Waals surface area contributed by atoms with Crippen LogP contribution in [0.15, 0.2) is 67.9 Å². The maximum atomic E-state index is 12.5. The number of H-pyrrole nitrogens is 2. The van der Waals surface area contributed by atoms with Crippen molar-refractivity contribution >= 4 is 54.0 Å². The monoisotopic (exact) mass is 911 g/mol. The molecule has 0 saturated carbocycles. The van der Waals surface area contributed by atoms with E-state index in [0.29, 0.717) is 46.6 Å². The lowest BCUT2D eigenvalue weighted by Crippen LogP contribution is -2.46. The number of carbonyl (C=O) groups is 2. The van der Waals surface area contributed by atoms with Gasteiger partial charge in [-0.1, -0.05) is 51.0 Å². The summed E-state index contributed by atoms with van der Waals surface area (Å²) in [5, 5.41) is 27.1. The van der Waals surface area contributed by atoms with Gasteiger partial charge < -0.3 is 30.7 Å². The number of nitrogens with one attached hydrogen (secondary N) is 4. The summed E-state index contributed by atoms with van der Waals surface area (Å²) < 4.78 is 61.4. The van der Waals surface area contributed by atoms with Crippen molar-refractivity contribution in [1.29, 1.82) is 0 Å². The van der Waals surface area contributed by atoms with Crippen LogP contribution < -0.4 is 26.3 Å². The number of nitrogens with two attached hydrogens (primary N) is 1. The zero-order valence-electron chi connectivity index (χ0n) is 35.1. The number of aryl methyl sites for hydroxylation is 4. The average molecular weight is 912 g/mol. The maximum absolute atomic E-state index is 12.5. The molecular formula is C39H49N11O11S2. The van der Waals surface area contributed by atoms with E-state index in [0.717, 1.165) is 42.5 Å². The van der Waals surface area contributed by atoms with Crippen LogP contribution in [0.5, 0.6) is 0 Å². The predicted octanol–water partition coefficient (Wildman–Crippen LogP) is -0.663. The number of ether oxygens (including phenoxy) is 1. The molecule has 8 N–H and O–H groups in total. The molecule has 0 fully saturated rings. The number of aromatic nitrogens is 8. The number of primary amides is 1. The number of aliphatic hydroxyl groups excluding tert-OH is 2. The van der Waals surface area contributed by atoms with Gasteiger partial charge >= 0.3 is 5.97 Å². The van der Waals surface area contributed by atoms with E-state index in [-0.39, 0.29) is 33.8 Å². The van der Waals surface area contributed by atoms with Gasteiger partial charge in [-0.05, 0) is 48.2 Å². The highest BCUT2D eigenvalue weighted by atomic mass is 32.2. The minimum absolute atomic E-state index is 0.0852. The first-order chi connectivity index (χ1) is 29.9. The Balaban J connectivity index is 0.000000238. The Kier molecular flexibility index (Phi) is 15.5. The fourth-order valence-electron chi connectivity index (χ4n) is 6.52. The Labute approximate surface area is 361 Å². The molecule has 0 unspecified atom stereocenters. The van der Waals surface area contributed by atoms with Crippen molar-refractivity contribution in [2.75, 3.05) is 20.3 Å². The number of benzene rings is 2. The van der Waals surface area contributed by atoms with Gasteiger partial charge in [0.25, 0.3) is 11.1 Å². The molecule has 338 valence electrons. The number of fused-ring (bicyclic) bond motifs is 2. The fraction of sp³-hybridized carbons (Fsp3) is 0.385. The molecule has 24 heteroatoms. The van der Waals surface area contributed by atoms with Crippen LogP contribution in [0.2, 0.25) is 0 Å². The first-order valence-corrected chi connectivity index (χ1v) is 22.5. The quantitative estimate of drug-likeness (QED) is 0.0527. The molecule has 2 aromatic carbocycles. The number of esters is 1. The number of aromatic amines is 2. The second-order valence-electron chi connectivity index (χ2n) is 14.3. The molecule has 0 aliphatic heterocycles. The number of amides is 1. The van der Waals surface area contributed by atoms with E-state index in [4.69, 9.17) is 10.8 Å². The Morgan fingerprint density at radius 2 is 1.10 bits per heavy atom. The second kappa shape index (κ2) is 20.3. The van der Waals surface area contributed by atoms with Gasteiger partial charge in [0.15, 0.2) is 11.0 Å². The van der Waals surface area contributed by atoms with E-state index in [2.05, 4.69) is 44.3 Å². The highest BCUT2D eigenvalue weighted by molar-refractivity contribution is 7.89. The number of hydrogen-bond donors (Lipinski definition) is 7. The molecular weight excluding hydrogens is 863 g/mol. The third-order valence-electron chi connectivity index (χ3n) is 9.60. The zero-order valence-corrected chi connectivity index (χ0v) is 36.7. The lowest BCUT2D eigenvalue weighted by molar-refractivity contribution is -0.143. The second-order valence-corrected chi connectivity index (χ2v) is 17.8. The van der Waals surface area contributed by atoms with Crippen molar-refractivity contribution < 1.29 is 41.4 Å². The molecule has 4 heterocycles. The van der Waals surface area contributed by atoms with E-state index < -0.39 is 57.2 Å². The smallest absolute Gasteiger partial charge is 0.326 e. The molecule has 63 heavy (non-hydrogen) atoms. The van der Waals surface area contributed by atoms with Gasteiger partial charge in [-0.2, -0.15) is 19.6 Å². The Bertz CT molecular complexity index is 2940. The normalized spacial score (nSPS) is 12.8. The summed E-state index contributed by atoms with van der Waals surface area (Å²) in [6.45, 7) is 2.56. The third kappa shape index (κ3) is 11.3. The van der Waals surface area contributed by atoms with Crippen LogP contribution in [0, 0.1) is 0 Å². The number of hydrogen-bond acceptors (Lipinski definition) is 15. The average Bonchev–Trinajstić information content (AvgIpc) is 3.73. The highest BCUT2D eigenvalue weighted by Gasteiger charge is 2.26. The minimum atomic E-state index is -4.06. The molecule has 0 aliphatic rings. The number of rotatable bonds is 18. The van der Waals surface area contributed by atoms with E-state index >= 15 is 0 Å². The molecule has 1 amide bonds. The van der Waals surface area contributed by atoms with Crippen LogP contribution in [0.1, 0.15) is 60.9 Å². The van der Waals surface area contributed by atoms with E-state index in [1.807, 2.05) is 13.8 Å². The van der Waals surface area contributed by atoms with E-state index in [1.165, 1.54) is 33.6 Å². The summed E-state index contributed by atoms with van der Waals surface area (Å²) in [5.74, 6) is -1.000. The number of nitrogens with zero attached hydrogens (tertiary/aromatic N) is 6. The summed E-state index contributed by atoms with van der Waals surface area (Å²) in [4.78, 5) is 62.2. The summed E-state index contributed by atoms with van der Waals surface area (Å²) in [7, 11) is -3.60. The molecule has 6 aromatic rings. The van der Waals surface area contributed by atoms with Crippen LogP contribution in [-0.2, 0) is 74.2 Å². The van der Waals surface area contributed by atoms with Crippen molar-refractivity contribution in [2.24, 2.45) is 19.8 Å². The number of methoxy groups -OCH3 is 1. The van der Waals surface area contributed by atoms with Gasteiger partial charge in [0.2, 0.25) is 26.0 Å². The maximum Gasteiger partial charge on any atom is 0.326 e. The molecule has 6 rings (SSSR count). The first kappa shape index (κ1) is 47.9. The fourth-order valence-corrected chi connectivity index (χ4v) is 8.89. The molecule has 0 aliphatic carbocycles. The van der Waals surface area contributed by atoms with Crippen LogP contribution >= 0.6 is 0 Å². The van der Waals surface area contributed by atoms with Gasteiger partial charge in [-0.3, -0.25) is 28.5 Å². The summed E-state index contributed by atoms with van der Waals surface area (Å²) in [5.41, 5.74) is 9.38. The van der Waals surface area contributed by atoms with Crippen LogP contribution in [0.25, 0.3) is 22.1 Å². The number of aliphatic hydroxyl groups is 2. The van der Waals surface area contributed by atoms with Crippen molar-refractivity contribution in [3.63, 3.8) is 0 Å². The zero-order chi connectivity index (χ0) is 46.2. The molecule has 0 spiro atoms. The van der Waals surface area contributed by atoms with Crippen molar-refractivity contribution in [3.8, 4) is 0 Å². The van der Waals surface area contributed by atoms with E-state index in [1.54, 1.807) is 38.4 Å². The lowest BCUT2D eigenvalue weighted by atomic mass is 10.1. The number of sulfonamides is 2. The minimum Gasteiger partial charge on any atom is -0.468 e. The van der Waals surface area contributed by atoms with Crippen LogP contribution in [0.4, 0.5) is 0 Å². The van der Waals surface area contributed by atoms with Gasteiger partial charge in [-0.15, -0.1) is 0 Å². The molecule has 0 saturated heterocycles. The van der Waals surface area contributed by atoms with E-state index in [9.17, 15) is 41.1 Å². The first-order valence-electron chi connectivity index (χ1n) is 19.6. The van der Waals surface area contributed by atoms with Crippen LogP contribution in [0.3, 0.4) is 0 Å². The molecule has 4 aromatic heterocycles. The third-order valence-corrected chi connectivity index (χ3v) is 12.6. The van der Waals surface area contributed by atoms with Gasteiger partial charge in [0.05, 0.1) is 41.5 Å². The van der Waals surface area contributed by atoms with Crippen molar-refractivity contribution in [3.05, 3.63) is 103 Å². The molecule has 0 bridgehead atoms. The van der Waals surface area contributed by atoms with Crippen LogP contribution in [-0.4, -0.2) is 111 Å². The molecule has 2 atom stereocenters. The Morgan fingerprint density at radius 3 is 1.43 bits per heavy atom. The van der Waals surface area contributed by atoms with Gasteiger partial charge in [0.1, 0.15) is 34.8 Å². The Morgan fingerprint density at radius 1 is 0.714 bits per heavy atom. The van der Waals surface area contributed by atoms with Crippen molar-refractivity contribution in [1.82, 2.24) is 48.9 Å². The summed E-state index contributed by atoms with van der Waals surface area (Å²) in [6, 6.07) is 8.96. The standard InChI is InChI=1S/C20H25N5O6S.C19H24N6O5S/c1-4-5-14-17-18(25(2)23-14)19(27)22-16(21-17)10-12-6-8-13(9-7-12)32(29,30)24-15(11-26)20(28)31-3;1-3-4-13-16-17(25(2)23-13)19(28)22-15(21-16)9-11-5-7-12(8-6-11)31(29,30)24-14(10-26)18(20)27/h6-9,15,24,26H,4-5,10-11H2,1-3H3,(H,21,22,27);5-8,14,24,26H,3-4,9-10H2,1-2H3,(H2,20,27)(H,21,22,28)/t15-;14-/m00/s1. The largest absolute Gasteiger partial charge is 0.468 e. The SMILES string of the molecule is CCCc1nn(C)c2c(=O)[nH]c(Cc3ccc(S(=O)(=O)N[C@@H](CO)C(=O)OC)cc3)nc12.CCCc1nn(C)c2c(=O)[nH]c(Cc3ccc(S(=O)(=O)N[C@@H](CO)C(N)=O)cc3)nc12. The van der Waals surface area contributed by atoms with Gasteiger partial charge in [0, 0.05) is 26.9 Å². The van der Waals surface area contributed by atoms with Gasteiger partial charge in [-0.25, -0.2) is 26.8 Å². The van der Waals surface area contributed by atoms with Crippen molar-refractivity contribution in [2.45, 2.75) is 74.2 Å². The number of carbonyl (C=O) groups excluding carboxylic acids is 2. The highest BCUT2D eigenvalue weighted by Crippen LogP contribution is 2.19. The molecule has 0 radical (unpaired) electrons. The molecule has 22 nitrogen and oxygen atoms in total. The Hall–Kier alpha value is -6.18. The predicted molar refractivity (Wildman–Crippen MR) is 228 cm³/mol. The summed E-state index contributed by atoms with van der Waals surface area (Å²) >= 11 is 0. The lowest BCUT2D eigenvalue weighted by Gasteiger charge is -2.14.